The number of carbonyl (C=O) groups is 1. The van der Waals surface area contributed by atoms with Crippen LogP contribution in [0.1, 0.15) is 24.0 Å². The predicted octanol–water partition coefficient (Wildman–Crippen LogP) is 2.62. The minimum absolute atomic E-state index is 0.113. The minimum Gasteiger partial charge on any atom is -0.379 e. The fourth-order valence-electron chi connectivity index (χ4n) is 3.94. The van der Waals surface area contributed by atoms with Gasteiger partial charge >= 0.3 is 0 Å². The van der Waals surface area contributed by atoms with E-state index < -0.39 is 10.0 Å². The maximum atomic E-state index is 12.8. The van der Waals surface area contributed by atoms with Crippen molar-refractivity contribution in [3.05, 3.63) is 59.7 Å². The maximum Gasteiger partial charge on any atom is 0.243 e. The standard InChI is InChI=1S/C22H26N2O4S/c25-22(24-13-3-5-19-4-1-2-6-21(19)24)12-9-18-7-10-20(11-8-18)29(26,27)23-14-16-28-17-15-23/h1-2,4,6-8,10-11H,3,5,9,12-17H2. The van der Waals surface area contributed by atoms with Crippen molar-refractivity contribution in [3.63, 3.8) is 0 Å². The SMILES string of the molecule is O=C(CCc1ccc(S(=O)(=O)N2CCOCC2)cc1)N1CCCc2ccccc21. The van der Waals surface area contributed by atoms with Crippen LogP contribution in [-0.4, -0.2) is 51.5 Å². The molecule has 1 saturated heterocycles. The molecule has 0 atom stereocenters. The summed E-state index contributed by atoms with van der Waals surface area (Å²) in [4.78, 5) is 15.0. The normalized spacial score (nSPS) is 17.7. The van der Waals surface area contributed by atoms with Crippen molar-refractivity contribution in [2.24, 2.45) is 0 Å². The van der Waals surface area contributed by atoms with Crippen LogP contribution in [0, 0.1) is 0 Å². The van der Waals surface area contributed by atoms with Gasteiger partial charge in [-0.05, 0) is 48.6 Å². The first-order valence-electron chi connectivity index (χ1n) is 10.1. The van der Waals surface area contributed by atoms with Gasteiger partial charge in [-0.1, -0.05) is 30.3 Å². The summed E-state index contributed by atoms with van der Waals surface area (Å²) in [6.45, 7) is 2.39. The minimum atomic E-state index is -3.48. The van der Waals surface area contributed by atoms with E-state index in [0.717, 1.165) is 30.6 Å². The highest BCUT2D eigenvalue weighted by molar-refractivity contribution is 7.89. The number of nitrogens with zero attached hydrogens (tertiary/aromatic N) is 2. The van der Waals surface area contributed by atoms with E-state index in [1.807, 2.05) is 35.2 Å². The Hall–Kier alpha value is -2.22. The van der Waals surface area contributed by atoms with Gasteiger partial charge in [-0.15, -0.1) is 0 Å². The van der Waals surface area contributed by atoms with Crippen molar-refractivity contribution >= 4 is 21.6 Å². The summed E-state index contributed by atoms with van der Waals surface area (Å²) >= 11 is 0. The van der Waals surface area contributed by atoms with E-state index in [9.17, 15) is 13.2 Å². The zero-order valence-electron chi connectivity index (χ0n) is 16.4. The second-order valence-corrected chi connectivity index (χ2v) is 9.38. The Morgan fingerprint density at radius 1 is 0.966 bits per heavy atom. The van der Waals surface area contributed by atoms with Crippen LogP contribution < -0.4 is 4.90 Å². The molecule has 1 amide bonds. The Balaban J connectivity index is 1.39. The predicted molar refractivity (Wildman–Crippen MR) is 111 cm³/mol. The molecule has 7 heteroatoms. The molecule has 0 aliphatic carbocycles. The lowest BCUT2D eigenvalue weighted by atomic mass is 10.0. The van der Waals surface area contributed by atoms with Crippen LogP contribution in [-0.2, 0) is 32.4 Å². The topological polar surface area (TPSA) is 66.9 Å². The number of hydrogen-bond donors (Lipinski definition) is 0. The van der Waals surface area contributed by atoms with E-state index in [-0.39, 0.29) is 5.91 Å². The summed E-state index contributed by atoms with van der Waals surface area (Å²) < 4.78 is 32.1. The molecule has 2 aromatic rings. The second-order valence-electron chi connectivity index (χ2n) is 7.44. The van der Waals surface area contributed by atoms with Gasteiger partial charge < -0.3 is 9.64 Å². The first kappa shape index (κ1) is 20.1. The summed E-state index contributed by atoms with van der Waals surface area (Å²) in [7, 11) is -3.48. The number of fused-ring (bicyclic) bond motifs is 1. The molecule has 0 saturated carbocycles. The largest absolute Gasteiger partial charge is 0.379 e. The molecule has 0 radical (unpaired) electrons. The van der Waals surface area contributed by atoms with E-state index in [1.54, 1.807) is 12.1 Å². The van der Waals surface area contributed by atoms with Crippen molar-refractivity contribution in [1.29, 1.82) is 0 Å². The average Bonchev–Trinajstić information content (AvgIpc) is 2.78. The van der Waals surface area contributed by atoms with Gasteiger partial charge in [-0.2, -0.15) is 4.31 Å². The zero-order valence-corrected chi connectivity index (χ0v) is 17.2. The molecule has 29 heavy (non-hydrogen) atoms. The van der Waals surface area contributed by atoms with Gasteiger partial charge in [-0.3, -0.25) is 4.79 Å². The average molecular weight is 415 g/mol. The van der Waals surface area contributed by atoms with Gasteiger partial charge in [0.2, 0.25) is 15.9 Å². The van der Waals surface area contributed by atoms with Gasteiger partial charge in [0.1, 0.15) is 0 Å². The molecule has 2 aromatic carbocycles. The van der Waals surface area contributed by atoms with Crippen LogP contribution in [0.4, 0.5) is 5.69 Å². The van der Waals surface area contributed by atoms with Gasteiger partial charge in [0.15, 0.2) is 0 Å². The summed E-state index contributed by atoms with van der Waals surface area (Å²) in [5.74, 6) is 0.113. The summed E-state index contributed by atoms with van der Waals surface area (Å²) in [6.07, 6.45) is 3.00. The van der Waals surface area contributed by atoms with Crippen molar-refractivity contribution < 1.29 is 17.9 Å². The second kappa shape index (κ2) is 8.65. The number of sulfonamides is 1. The summed E-state index contributed by atoms with van der Waals surface area (Å²) in [5.41, 5.74) is 3.21. The number of hydrogen-bond acceptors (Lipinski definition) is 4. The van der Waals surface area contributed by atoms with E-state index in [0.29, 0.717) is 44.0 Å². The fraction of sp³-hybridized carbons (Fsp3) is 0.409. The molecular formula is C22H26N2O4S. The molecule has 0 unspecified atom stereocenters. The Kier molecular flexibility index (Phi) is 5.99. The number of para-hydroxylation sites is 1. The Morgan fingerprint density at radius 3 is 2.45 bits per heavy atom. The van der Waals surface area contributed by atoms with Crippen LogP contribution >= 0.6 is 0 Å². The van der Waals surface area contributed by atoms with Gasteiger partial charge in [0, 0.05) is 31.7 Å². The first-order chi connectivity index (χ1) is 14.1. The van der Waals surface area contributed by atoms with Crippen molar-refractivity contribution in [2.45, 2.75) is 30.6 Å². The zero-order chi connectivity index (χ0) is 20.3. The van der Waals surface area contributed by atoms with Crippen LogP contribution in [0.5, 0.6) is 0 Å². The number of carbonyl (C=O) groups excluding carboxylic acids is 1. The van der Waals surface area contributed by atoms with Crippen LogP contribution in [0.2, 0.25) is 0 Å². The van der Waals surface area contributed by atoms with E-state index in [2.05, 4.69) is 6.07 Å². The van der Waals surface area contributed by atoms with Gasteiger partial charge in [-0.25, -0.2) is 8.42 Å². The molecule has 0 spiro atoms. The molecule has 1 fully saturated rings. The van der Waals surface area contributed by atoms with Crippen molar-refractivity contribution in [3.8, 4) is 0 Å². The van der Waals surface area contributed by atoms with Crippen molar-refractivity contribution in [2.75, 3.05) is 37.7 Å². The number of aryl methyl sites for hydroxylation is 2. The van der Waals surface area contributed by atoms with Crippen LogP contribution in [0.25, 0.3) is 0 Å². The van der Waals surface area contributed by atoms with Gasteiger partial charge in [0.25, 0.3) is 0 Å². The lowest BCUT2D eigenvalue weighted by Gasteiger charge is -2.29. The molecule has 2 aliphatic rings. The molecule has 6 nitrogen and oxygen atoms in total. The number of amides is 1. The highest BCUT2D eigenvalue weighted by Crippen LogP contribution is 2.27. The fourth-order valence-corrected chi connectivity index (χ4v) is 5.35. The molecule has 4 rings (SSSR count). The lowest BCUT2D eigenvalue weighted by Crippen LogP contribution is -2.40. The number of rotatable bonds is 5. The monoisotopic (exact) mass is 414 g/mol. The Morgan fingerprint density at radius 2 is 1.69 bits per heavy atom. The summed E-state index contributed by atoms with van der Waals surface area (Å²) in [6, 6.07) is 15.0. The Bertz CT molecular complexity index is 967. The highest BCUT2D eigenvalue weighted by atomic mass is 32.2. The molecule has 154 valence electrons. The number of morpholine rings is 1. The lowest BCUT2D eigenvalue weighted by molar-refractivity contribution is -0.118. The third-order valence-corrected chi connectivity index (χ3v) is 7.48. The summed E-state index contributed by atoms with van der Waals surface area (Å²) in [5, 5.41) is 0. The van der Waals surface area contributed by atoms with Crippen LogP contribution in [0.15, 0.2) is 53.4 Å². The molecule has 0 N–H and O–H groups in total. The van der Waals surface area contributed by atoms with E-state index in [4.69, 9.17) is 4.74 Å². The Labute approximate surface area is 172 Å². The molecule has 2 aliphatic heterocycles. The van der Waals surface area contributed by atoms with Crippen LogP contribution in [0.3, 0.4) is 0 Å². The van der Waals surface area contributed by atoms with Gasteiger partial charge in [0.05, 0.1) is 18.1 Å². The molecule has 0 aromatic heterocycles. The van der Waals surface area contributed by atoms with Crippen molar-refractivity contribution in [1.82, 2.24) is 4.31 Å². The number of benzene rings is 2. The number of ether oxygens (including phenoxy) is 1. The van der Waals surface area contributed by atoms with E-state index >= 15 is 0 Å². The quantitative estimate of drug-likeness (QED) is 0.754. The van der Waals surface area contributed by atoms with E-state index in [1.165, 1.54) is 9.87 Å². The first-order valence-corrected chi connectivity index (χ1v) is 11.5. The molecule has 0 bridgehead atoms. The third-order valence-electron chi connectivity index (χ3n) is 5.57. The smallest absolute Gasteiger partial charge is 0.243 e. The number of anilines is 1. The molecule has 2 heterocycles. The third kappa shape index (κ3) is 4.37. The highest BCUT2D eigenvalue weighted by Gasteiger charge is 2.26. The maximum absolute atomic E-state index is 12.8. The molecular weight excluding hydrogens is 388 g/mol.